The van der Waals surface area contributed by atoms with Crippen molar-refractivity contribution >= 4 is 17.9 Å². The Balaban J connectivity index is 4.58. The molecule has 0 rings (SSSR count). The first-order chi connectivity index (χ1) is 37.0. The molecule has 0 N–H and O–H groups in total. The fourth-order valence-electron chi connectivity index (χ4n) is 7.97. The highest BCUT2D eigenvalue weighted by molar-refractivity contribution is 5.71. The van der Waals surface area contributed by atoms with Gasteiger partial charge in [0.15, 0.2) is 6.10 Å². The summed E-state index contributed by atoms with van der Waals surface area (Å²) < 4.78 is 16.8. The predicted octanol–water partition coefficient (Wildman–Crippen LogP) is 21.0. The van der Waals surface area contributed by atoms with Gasteiger partial charge in [0.2, 0.25) is 0 Å². The Morgan fingerprint density at radius 3 is 0.813 bits per heavy atom. The predicted molar refractivity (Wildman–Crippen MR) is 325 cm³/mol. The summed E-state index contributed by atoms with van der Waals surface area (Å²) in [4.78, 5) is 38.2. The molecule has 75 heavy (non-hydrogen) atoms. The lowest BCUT2D eigenvalue weighted by Crippen LogP contribution is -2.30. The first-order valence-electron chi connectivity index (χ1n) is 30.7. The molecule has 0 saturated carbocycles. The molecule has 1 atom stereocenters. The third kappa shape index (κ3) is 60.3. The number of unbranched alkanes of at least 4 members (excludes halogenated alkanes) is 21. The number of ether oxygens (including phenoxy) is 3. The summed E-state index contributed by atoms with van der Waals surface area (Å²) in [5.41, 5.74) is 0. The molecule has 424 valence electrons. The molecule has 6 heteroatoms. The second kappa shape index (κ2) is 62.1. The zero-order valence-corrected chi connectivity index (χ0v) is 48.5. The zero-order valence-electron chi connectivity index (χ0n) is 48.5. The summed E-state index contributed by atoms with van der Waals surface area (Å²) in [6.07, 6.45) is 87.4. The van der Waals surface area contributed by atoms with E-state index in [2.05, 4.69) is 148 Å². The van der Waals surface area contributed by atoms with E-state index in [0.29, 0.717) is 19.3 Å². The third-order valence-electron chi connectivity index (χ3n) is 12.6. The molecule has 0 heterocycles. The van der Waals surface area contributed by atoms with Crippen LogP contribution in [0.25, 0.3) is 0 Å². The van der Waals surface area contributed by atoms with Crippen molar-refractivity contribution in [1.82, 2.24) is 0 Å². The second-order valence-electron chi connectivity index (χ2n) is 19.9. The molecule has 0 saturated heterocycles. The van der Waals surface area contributed by atoms with Gasteiger partial charge in [0.25, 0.3) is 0 Å². The van der Waals surface area contributed by atoms with E-state index in [4.69, 9.17) is 14.2 Å². The van der Waals surface area contributed by atoms with E-state index in [1.807, 2.05) is 6.08 Å². The lowest BCUT2D eigenvalue weighted by Gasteiger charge is -2.18. The number of hydrogen-bond acceptors (Lipinski definition) is 6. The van der Waals surface area contributed by atoms with Gasteiger partial charge in [-0.25, -0.2) is 0 Å². The van der Waals surface area contributed by atoms with Gasteiger partial charge < -0.3 is 14.2 Å². The van der Waals surface area contributed by atoms with E-state index in [1.165, 1.54) is 122 Å². The minimum absolute atomic E-state index is 0.124. The van der Waals surface area contributed by atoms with Gasteiger partial charge in [0.05, 0.1) is 0 Å². The standard InChI is InChI=1S/C69H112O6/c1-4-7-10-13-16-19-22-25-28-31-34-37-40-43-46-49-52-55-58-61-67(70)73-64-66(75-69(72)63-60-57-54-51-48-45-42-39-36-33-30-27-24-21-18-15-12-9-6-3)65-74-68(71)62-59-56-53-50-47-44-41-38-35-32-29-26-23-20-17-14-11-8-5-2/h16-21,25-30,34,36-37,39,43,45-46,48,54,57,66H,4-15,22-24,31-33,35,38,40-42,44,47,49-53,55-56,58-65H2,1-3H3/b19-16-,20-17-,21-18-,28-25-,29-26-,30-27-,37-34-,39-36-,46-43-,48-45-,57-54-/t66-/m1/s1. The summed E-state index contributed by atoms with van der Waals surface area (Å²) in [5, 5.41) is 0. The minimum atomic E-state index is -0.839. The average Bonchev–Trinajstić information content (AvgIpc) is 3.41. The highest BCUT2D eigenvalue weighted by Gasteiger charge is 2.19. The van der Waals surface area contributed by atoms with Gasteiger partial charge in [-0.1, -0.05) is 244 Å². The van der Waals surface area contributed by atoms with Crippen molar-refractivity contribution < 1.29 is 28.6 Å². The molecule has 0 unspecified atom stereocenters. The molecule has 0 aliphatic heterocycles. The van der Waals surface area contributed by atoms with Crippen LogP contribution in [0.5, 0.6) is 0 Å². The topological polar surface area (TPSA) is 78.9 Å². The Bertz CT molecular complexity index is 1620. The van der Waals surface area contributed by atoms with Gasteiger partial charge in [-0.05, 0) is 135 Å². The maximum atomic E-state index is 12.9. The molecule has 6 nitrogen and oxygen atoms in total. The average molecular weight is 1040 g/mol. The first kappa shape index (κ1) is 70.5. The number of rotatable bonds is 54. The summed E-state index contributed by atoms with van der Waals surface area (Å²) in [7, 11) is 0. The first-order valence-corrected chi connectivity index (χ1v) is 30.7. The molecule has 0 aliphatic carbocycles. The van der Waals surface area contributed by atoms with Crippen LogP contribution in [0.2, 0.25) is 0 Å². The Kier molecular flexibility index (Phi) is 58.4. The Morgan fingerprint density at radius 2 is 0.507 bits per heavy atom. The maximum absolute atomic E-state index is 12.9. The van der Waals surface area contributed by atoms with Crippen molar-refractivity contribution in [2.24, 2.45) is 0 Å². The van der Waals surface area contributed by atoms with Gasteiger partial charge in [-0.15, -0.1) is 0 Å². The number of carbonyl (C=O) groups is 3. The molecule has 0 amide bonds. The largest absolute Gasteiger partial charge is 0.462 e. The lowest BCUT2D eigenvalue weighted by molar-refractivity contribution is -0.166. The van der Waals surface area contributed by atoms with Crippen LogP contribution in [-0.4, -0.2) is 37.2 Å². The van der Waals surface area contributed by atoms with Crippen molar-refractivity contribution in [3.8, 4) is 0 Å². The molecule has 0 bridgehead atoms. The van der Waals surface area contributed by atoms with Crippen LogP contribution in [-0.2, 0) is 28.6 Å². The normalized spacial score (nSPS) is 13.1. The van der Waals surface area contributed by atoms with Crippen molar-refractivity contribution in [3.05, 3.63) is 134 Å². The van der Waals surface area contributed by atoms with E-state index >= 15 is 0 Å². The summed E-state index contributed by atoms with van der Waals surface area (Å²) in [6.45, 7) is 6.47. The van der Waals surface area contributed by atoms with Crippen molar-refractivity contribution in [2.75, 3.05) is 13.2 Å². The Morgan fingerprint density at radius 1 is 0.267 bits per heavy atom. The molecule has 0 spiro atoms. The lowest BCUT2D eigenvalue weighted by atomic mass is 10.1. The van der Waals surface area contributed by atoms with E-state index < -0.39 is 12.1 Å². The highest BCUT2D eigenvalue weighted by Crippen LogP contribution is 2.14. The van der Waals surface area contributed by atoms with Crippen LogP contribution >= 0.6 is 0 Å². The van der Waals surface area contributed by atoms with Crippen LogP contribution in [0.3, 0.4) is 0 Å². The van der Waals surface area contributed by atoms with Gasteiger partial charge in [-0.3, -0.25) is 14.4 Å². The van der Waals surface area contributed by atoms with E-state index in [0.717, 1.165) is 96.3 Å². The van der Waals surface area contributed by atoms with Gasteiger partial charge in [0.1, 0.15) is 13.2 Å². The van der Waals surface area contributed by atoms with Crippen LogP contribution in [0.15, 0.2) is 134 Å². The van der Waals surface area contributed by atoms with Crippen LogP contribution in [0.1, 0.15) is 265 Å². The summed E-state index contributed by atoms with van der Waals surface area (Å²) in [5.74, 6) is -1.04. The van der Waals surface area contributed by atoms with Crippen molar-refractivity contribution in [2.45, 2.75) is 271 Å². The number of hydrogen-bond donors (Lipinski definition) is 0. The highest BCUT2D eigenvalue weighted by atomic mass is 16.6. The zero-order chi connectivity index (χ0) is 54.3. The van der Waals surface area contributed by atoms with Crippen molar-refractivity contribution in [1.29, 1.82) is 0 Å². The number of esters is 3. The molecule has 0 aliphatic rings. The minimum Gasteiger partial charge on any atom is -0.462 e. The van der Waals surface area contributed by atoms with Gasteiger partial charge >= 0.3 is 17.9 Å². The molecule has 0 aromatic carbocycles. The SMILES string of the molecule is CCCCC/C=C\C/C=C\C/C=C\C/C=C\C/C=C\CCC(=O)O[C@H](COC(=O)CCCCC/C=C\C/C=C\C/C=C\C/C=C\CCCCC)COC(=O)CCCCCCCCCCC/C=C\C/C=C\CCCCC. The Labute approximate surface area is 462 Å². The monoisotopic (exact) mass is 1040 g/mol. The smallest absolute Gasteiger partial charge is 0.306 e. The van der Waals surface area contributed by atoms with Crippen LogP contribution in [0.4, 0.5) is 0 Å². The third-order valence-corrected chi connectivity index (χ3v) is 12.6. The molecule has 0 aromatic heterocycles. The molecule has 0 radical (unpaired) electrons. The summed E-state index contributed by atoms with van der Waals surface area (Å²) >= 11 is 0. The fraction of sp³-hybridized carbons (Fsp3) is 0.638. The van der Waals surface area contributed by atoms with Crippen LogP contribution < -0.4 is 0 Å². The second-order valence-corrected chi connectivity index (χ2v) is 19.9. The van der Waals surface area contributed by atoms with E-state index in [1.54, 1.807) is 0 Å². The van der Waals surface area contributed by atoms with E-state index in [9.17, 15) is 14.4 Å². The number of carbonyl (C=O) groups excluding carboxylic acids is 3. The number of allylic oxidation sites excluding steroid dienone is 22. The quantitative estimate of drug-likeness (QED) is 0.0261. The summed E-state index contributed by atoms with van der Waals surface area (Å²) in [6, 6.07) is 0. The van der Waals surface area contributed by atoms with Crippen LogP contribution in [0, 0.1) is 0 Å². The molecular weight excluding hydrogens is 925 g/mol. The maximum Gasteiger partial charge on any atom is 0.306 e. The van der Waals surface area contributed by atoms with E-state index in [-0.39, 0.29) is 31.6 Å². The van der Waals surface area contributed by atoms with Gasteiger partial charge in [0, 0.05) is 19.3 Å². The molecule has 0 aromatic rings. The Hall–Kier alpha value is -4.45. The fourth-order valence-corrected chi connectivity index (χ4v) is 7.97. The van der Waals surface area contributed by atoms with Gasteiger partial charge in [-0.2, -0.15) is 0 Å². The molecular formula is C69H112O6. The van der Waals surface area contributed by atoms with Crippen molar-refractivity contribution in [3.63, 3.8) is 0 Å². The molecule has 0 fully saturated rings.